The number of rotatable bonds is 8. The van der Waals surface area contributed by atoms with Crippen LogP contribution in [-0.4, -0.2) is 37.7 Å². The zero-order valence-corrected chi connectivity index (χ0v) is 14.0. The Balaban J connectivity index is 2.77. The van der Waals surface area contributed by atoms with E-state index in [1.807, 2.05) is 13.8 Å². The maximum absolute atomic E-state index is 12.4. The highest BCUT2D eigenvalue weighted by Gasteiger charge is 2.26. The number of sulfone groups is 1. The molecule has 0 radical (unpaired) electrons. The maximum Gasteiger partial charge on any atom is 0.341 e. The fraction of sp³-hybridized carbons (Fsp3) is 0.467. The second kappa shape index (κ2) is 8.18. The molecule has 1 rings (SSSR count). The van der Waals surface area contributed by atoms with E-state index in [1.165, 1.54) is 0 Å². The smallest absolute Gasteiger partial charge is 0.341 e. The monoisotopic (exact) mass is 363 g/mol. The number of alkyl halides is 2. The molecule has 134 valence electrons. The number of carbonyl (C=O) groups is 2. The van der Waals surface area contributed by atoms with Crippen molar-refractivity contribution < 1.29 is 31.9 Å². The quantitative estimate of drug-likeness (QED) is 0.737. The zero-order chi connectivity index (χ0) is 18.5. The Hall–Kier alpha value is -2.03. The SMILES string of the molecule is CC(C)CC(CNC(=O)c1ccc(S(=O)(=O)C(F)F)cc1)C(=O)O. The average molecular weight is 363 g/mol. The molecule has 1 unspecified atom stereocenters. The Bertz CT molecular complexity index is 686. The van der Waals surface area contributed by atoms with E-state index in [9.17, 15) is 26.8 Å². The molecule has 0 bridgehead atoms. The van der Waals surface area contributed by atoms with E-state index in [1.54, 1.807) is 0 Å². The van der Waals surface area contributed by atoms with Crippen molar-refractivity contribution in [3.8, 4) is 0 Å². The van der Waals surface area contributed by atoms with E-state index in [-0.39, 0.29) is 18.0 Å². The largest absolute Gasteiger partial charge is 0.481 e. The number of halogens is 2. The van der Waals surface area contributed by atoms with Crippen molar-refractivity contribution in [3.63, 3.8) is 0 Å². The molecule has 1 aromatic rings. The first-order valence-corrected chi connectivity index (χ1v) is 8.73. The standard InChI is InChI=1S/C15H19F2NO5S/c1-9(2)7-11(14(20)21)8-18-13(19)10-3-5-12(6-4-10)24(22,23)15(16)17/h3-6,9,11,15H,7-8H2,1-2H3,(H,18,19)(H,20,21). The van der Waals surface area contributed by atoms with Crippen molar-refractivity contribution in [2.24, 2.45) is 11.8 Å². The van der Waals surface area contributed by atoms with Crippen molar-refractivity contribution in [2.45, 2.75) is 30.9 Å². The number of hydrogen-bond donors (Lipinski definition) is 2. The molecule has 1 aromatic carbocycles. The Morgan fingerprint density at radius 1 is 1.17 bits per heavy atom. The Labute approximate surface area is 138 Å². The van der Waals surface area contributed by atoms with Crippen LogP contribution in [-0.2, 0) is 14.6 Å². The lowest BCUT2D eigenvalue weighted by Gasteiger charge is -2.15. The lowest BCUT2D eigenvalue weighted by Crippen LogP contribution is -2.33. The molecule has 0 spiro atoms. The van der Waals surface area contributed by atoms with Crippen LogP contribution in [0.3, 0.4) is 0 Å². The fourth-order valence-electron chi connectivity index (χ4n) is 2.06. The number of amides is 1. The van der Waals surface area contributed by atoms with Crippen LogP contribution >= 0.6 is 0 Å². The van der Waals surface area contributed by atoms with Crippen molar-refractivity contribution in [2.75, 3.05) is 6.54 Å². The molecule has 9 heteroatoms. The number of carboxylic acid groups (broad SMARTS) is 1. The van der Waals surface area contributed by atoms with Gasteiger partial charge in [-0.1, -0.05) is 13.8 Å². The predicted molar refractivity (Wildman–Crippen MR) is 82.5 cm³/mol. The van der Waals surface area contributed by atoms with Crippen molar-refractivity contribution >= 4 is 21.7 Å². The Kier molecular flexibility index (Phi) is 6.82. The van der Waals surface area contributed by atoms with Crippen LogP contribution < -0.4 is 5.32 Å². The summed E-state index contributed by atoms with van der Waals surface area (Å²) in [7, 11) is -4.71. The van der Waals surface area contributed by atoms with Crippen LogP contribution in [0.4, 0.5) is 8.78 Å². The summed E-state index contributed by atoms with van der Waals surface area (Å²) in [5.41, 5.74) is 0.0527. The van der Waals surface area contributed by atoms with E-state index in [2.05, 4.69) is 5.32 Å². The number of carboxylic acids is 1. The minimum atomic E-state index is -4.71. The third kappa shape index (κ3) is 5.26. The summed E-state index contributed by atoms with van der Waals surface area (Å²) in [6.45, 7) is 3.64. The molecule has 1 amide bonds. The van der Waals surface area contributed by atoms with Gasteiger partial charge in [0.1, 0.15) is 0 Å². The molecule has 0 aliphatic heterocycles. The predicted octanol–water partition coefficient (Wildman–Crippen LogP) is 2.16. The number of hydrogen-bond acceptors (Lipinski definition) is 4. The summed E-state index contributed by atoms with van der Waals surface area (Å²) in [5.74, 6) is -5.77. The molecule has 2 N–H and O–H groups in total. The molecule has 0 saturated carbocycles. The van der Waals surface area contributed by atoms with Crippen molar-refractivity contribution in [1.29, 1.82) is 0 Å². The van der Waals surface area contributed by atoms with Gasteiger partial charge in [0.2, 0.25) is 9.84 Å². The van der Waals surface area contributed by atoms with Gasteiger partial charge in [-0.3, -0.25) is 9.59 Å². The number of carbonyl (C=O) groups excluding carboxylic acids is 1. The first kappa shape index (κ1) is 20.0. The Morgan fingerprint density at radius 3 is 2.12 bits per heavy atom. The Morgan fingerprint density at radius 2 is 1.71 bits per heavy atom. The molecule has 24 heavy (non-hydrogen) atoms. The van der Waals surface area contributed by atoms with E-state index in [4.69, 9.17) is 5.11 Å². The zero-order valence-electron chi connectivity index (χ0n) is 13.2. The number of aliphatic carboxylic acids is 1. The normalized spacial score (nSPS) is 13.1. The van der Waals surface area contributed by atoms with Gasteiger partial charge in [0.05, 0.1) is 10.8 Å². The fourth-order valence-corrected chi connectivity index (χ4v) is 2.78. The lowest BCUT2D eigenvalue weighted by atomic mass is 9.97. The molecule has 6 nitrogen and oxygen atoms in total. The molecule has 0 aliphatic rings. The van der Waals surface area contributed by atoms with Crippen LogP contribution in [0.5, 0.6) is 0 Å². The highest BCUT2D eigenvalue weighted by Crippen LogP contribution is 2.18. The van der Waals surface area contributed by atoms with E-state index < -0.39 is 38.3 Å². The molecule has 0 saturated heterocycles. The summed E-state index contributed by atoms with van der Waals surface area (Å²) < 4.78 is 47.4. The summed E-state index contributed by atoms with van der Waals surface area (Å²) in [6.07, 6.45) is 0.390. The van der Waals surface area contributed by atoms with Crippen LogP contribution in [0, 0.1) is 11.8 Å². The molecule has 0 heterocycles. The van der Waals surface area contributed by atoms with Crippen molar-refractivity contribution in [1.82, 2.24) is 5.32 Å². The minimum Gasteiger partial charge on any atom is -0.481 e. The van der Waals surface area contributed by atoms with Gasteiger partial charge in [0.15, 0.2) is 0 Å². The van der Waals surface area contributed by atoms with Crippen LogP contribution in [0.2, 0.25) is 0 Å². The second-order valence-corrected chi connectivity index (χ2v) is 7.62. The maximum atomic E-state index is 12.4. The number of nitrogens with one attached hydrogen (secondary N) is 1. The summed E-state index contributed by atoms with van der Waals surface area (Å²) >= 11 is 0. The summed E-state index contributed by atoms with van der Waals surface area (Å²) in [5, 5.41) is 11.5. The molecule has 0 aromatic heterocycles. The van der Waals surface area contributed by atoms with Gasteiger partial charge in [0, 0.05) is 12.1 Å². The summed E-state index contributed by atoms with van der Waals surface area (Å²) in [6, 6.07) is 4.03. The first-order valence-electron chi connectivity index (χ1n) is 7.18. The van der Waals surface area contributed by atoms with Gasteiger partial charge >= 0.3 is 11.7 Å². The lowest BCUT2D eigenvalue weighted by molar-refractivity contribution is -0.142. The van der Waals surface area contributed by atoms with Gasteiger partial charge in [-0.15, -0.1) is 0 Å². The van der Waals surface area contributed by atoms with Gasteiger partial charge < -0.3 is 10.4 Å². The number of benzene rings is 1. The molecule has 0 aliphatic carbocycles. The minimum absolute atomic E-state index is 0.0527. The van der Waals surface area contributed by atoms with E-state index in [0.29, 0.717) is 6.42 Å². The average Bonchev–Trinajstić information content (AvgIpc) is 2.50. The summed E-state index contributed by atoms with van der Waals surface area (Å²) in [4.78, 5) is 22.5. The van der Waals surface area contributed by atoms with E-state index in [0.717, 1.165) is 24.3 Å². The molecule has 0 fully saturated rings. The third-order valence-corrected chi connectivity index (χ3v) is 4.69. The van der Waals surface area contributed by atoms with Crippen LogP contribution in [0.1, 0.15) is 30.6 Å². The van der Waals surface area contributed by atoms with Gasteiger partial charge in [-0.25, -0.2) is 8.42 Å². The molecular weight excluding hydrogens is 344 g/mol. The highest BCUT2D eigenvalue weighted by atomic mass is 32.2. The second-order valence-electron chi connectivity index (χ2n) is 5.70. The van der Waals surface area contributed by atoms with Gasteiger partial charge in [-0.2, -0.15) is 8.78 Å². The first-order chi connectivity index (χ1) is 11.1. The van der Waals surface area contributed by atoms with Crippen LogP contribution in [0.25, 0.3) is 0 Å². The molecular formula is C15H19F2NO5S. The molecule has 1 atom stereocenters. The van der Waals surface area contributed by atoms with Gasteiger partial charge in [-0.05, 0) is 36.6 Å². The topological polar surface area (TPSA) is 101 Å². The highest BCUT2D eigenvalue weighted by molar-refractivity contribution is 7.91. The van der Waals surface area contributed by atoms with Crippen LogP contribution in [0.15, 0.2) is 29.2 Å². The van der Waals surface area contributed by atoms with E-state index >= 15 is 0 Å². The van der Waals surface area contributed by atoms with Gasteiger partial charge in [0.25, 0.3) is 5.91 Å². The van der Waals surface area contributed by atoms with Crippen molar-refractivity contribution in [3.05, 3.63) is 29.8 Å². The third-order valence-electron chi connectivity index (χ3n) is 3.29.